The molecule has 0 atom stereocenters. The van der Waals surface area contributed by atoms with Crippen LogP contribution in [0.3, 0.4) is 0 Å². The summed E-state index contributed by atoms with van der Waals surface area (Å²) in [5.41, 5.74) is -1.62. The predicted octanol–water partition coefficient (Wildman–Crippen LogP) is 8.71. The first-order valence-corrected chi connectivity index (χ1v) is 20.3. The highest BCUT2D eigenvalue weighted by Crippen LogP contribution is 2.46. The van der Waals surface area contributed by atoms with Gasteiger partial charge in [0, 0.05) is 0 Å². The van der Waals surface area contributed by atoms with Crippen molar-refractivity contribution in [2.45, 2.75) is 167 Å². The summed E-state index contributed by atoms with van der Waals surface area (Å²) in [7, 11) is 0. The molecule has 2 aliphatic heterocycles. The van der Waals surface area contributed by atoms with Crippen molar-refractivity contribution in [2.75, 3.05) is 0 Å². The number of nitrogens with zero attached hydrogens (tertiary/aromatic N) is 2. The normalized spacial score (nSPS) is 24.8. The summed E-state index contributed by atoms with van der Waals surface area (Å²) in [4.78, 5) is 77.5. The average Bonchev–Trinajstić information content (AvgIpc) is 3.50. The molecular formula is C44H60N4O10. The summed E-state index contributed by atoms with van der Waals surface area (Å²) >= 11 is 0. The van der Waals surface area contributed by atoms with Crippen molar-refractivity contribution in [3.63, 3.8) is 0 Å². The second-order valence-electron chi connectivity index (χ2n) is 18.3. The Morgan fingerprint density at radius 2 is 1.07 bits per heavy atom. The standard InChI is InChI=1S/C27H38N2O7.C17H22N2O3/c1-17(2)34-20-11-9-18(10-12-20)19-13-15-27(16-14-19)21(30)28(23(32)35-25(3,4)5)22(31)29(27)24(33)36-26(6,7)8;1-11(2)22-14-5-3-12(4-6-14)13-7-9-17(10-8-13)15(20)18-16(21)19-17/h9-12,17,19H,13-16H2,1-8H3;3-6,11,13H,7-10H2,1-2H3,(H2,18,19,20,21). The number of benzene rings is 2. The molecule has 4 fully saturated rings. The fourth-order valence-electron chi connectivity index (χ4n) is 8.07. The Labute approximate surface area is 341 Å². The molecule has 2 heterocycles. The van der Waals surface area contributed by atoms with Gasteiger partial charge in [0.2, 0.25) is 0 Å². The molecule has 2 spiro atoms. The van der Waals surface area contributed by atoms with Crippen molar-refractivity contribution >= 4 is 36.1 Å². The van der Waals surface area contributed by atoms with E-state index in [2.05, 4.69) is 22.8 Å². The molecule has 8 amide bonds. The summed E-state index contributed by atoms with van der Waals surface area (Å²) in [6.07, 6.45) is 2.92. The minimum Gasteiger partial charge on any atom is -0.491 e. The van der Waals surface area contributed by atoms with Gasteiger partial charge in [-0.3, -0.25) is 14.9 Å². The molecule has 4 aliphatic rings. The summed E-state index contributed by atoms with van der Waals surface area (Å²) in [5.74, 6) is 1.31. The SMILES string of the molecule is CC(C)Oc1ccc(C2CCC3(CC2)C(=O)N(C(=O)OC(C)(C)C)C(=O)N3C(=O)OC(C)(C)C)cc1.CC(C)Oc1ccc(C2CCC3(CC2)NC(=O)NC3=O)cc1. The molecule has 58 heavy (non-hydrogen) atoms. The van der Waals surface area contributed by atoms with Crippen molar-refractivity contribution in [2.24, 2.45) is 0 Å². The first-order valence-electron chi connectivity index (χ1n) is 20.3. The third kappa shape index (κ3) is 10.1. The van der Waals surface area contributed by atoms with Crippen molar-refractivity contribution in [1.29, 1.82) is 0 Å². The zero-order valence-corrected chi connectivity index (χ0v) is 35.6. The number of rotatable bonds is 6. The Morgan fingerprint density at radius 1 is 0.655 bits per heavy atom. The van der Waals surface area contributed by atoms with Crippen LogP contribution in [0.1, 0.15) is 144 Å². The molecule has 6 rings (SSSR count). The van der Waals surface area contributed by atoms with Crippen LogP contribution in [0, 0.1) is 0 Å². The molecule has 2 aromatic rings. The van der Waals surface area contributed by atoms with E-state index >= 15 is 0 Å². The van der Waals surface area contributed by atoms with Crippen LogP contribution in [0.4, 0.5) is 19.2 Å². The number of nitrogens with one attached hydrogen (secondary N) is 2. The highest BCUT2D eigenvalue weighted by Gasteiger charge is 2.64. The number of imide groups is 5. The largest absolute Gasteiger partial charge is 0.491 e. The minimum absolute atomic E-state index is 0.0723. The van der Waals surface area contributed by atoms with E-state index in [1.807, 2.05) is 64.1 Å². The fraction of sp³-hybridized carbons (Fsp3) is 0.591. The van der Waals surface area contributed by atoms with Gasteiger partial charge >= 0.3 is 24.2 Å². The summed E-state index contributed by atoms with van der Waals surface area (Å²) < 4.78 is 22.2. The van der Waals surface area contributed by atoms with E-state index < -0.39 is 46.4 Å². The van der Waals surface area contributed by atoms with E-state index in [1.54, 1.807) is 41.5 Å². The van der Waals surface area contributed by atoms with Crippen LogP contribution in [-0.4, -0.2) is 80.4 Å². The van der Waals surface area contributed by atoms with Gasteiger partial charge in [0.15, 0.2) is 0 Å². The predicted molar refractivity (Wildman–Crippen MR) is 216 cm³/mol. The van der Waals surface area contributed by atoms with E-state index in [9.17, 15) is 28.8 Å². The molecule has 0 aromatic heterocycles. The van der Waals surface area contributed by atoms with Crippen LogP contribution in [-0.2, 0) is 19.1 Å². The zero-order chi connectivity index (χ0) is 42.8. The maximum Gasteiger partial charge on any atom is 0.425 e. The van der Waals surface area contributed by atoms with Gasteiger partial charge in [0.1, 0.15) is 33.8 Å². The second kappa shape index (κ2) is 17.0. The summed E-state index contributed by atoms with van der Waals surface area (Å²) in [6.45, 7) is 17.9. The Kier molecular flexibility index (Phi) is 12.9. The number of urea groups is 2. The topological polar surface area (TPSA) is 170 Å². The summed E-state index contributed by atoms with van der Waals surface area (Å²) in [5, 5.41) is 5.15. The third-order valence-electron chi connectivity index (χ3n) is 10.7. The molecule has 14 heteroatoms. The highest BCUT2D eigenvalue weighted by atomic mass is 16.6. The monoisotopic (exact) mass is 804 g/mol. The van der Waals surface area contributed by atoms with E-state index in [0.717, 1.165) is 34.8 Å². The van der Waals surface area contributed by atoms with E-state index in [4.69, 9.17) is 18.9 Å². The lowest BCUT2D eigenvalue weighted by Crippen LogP contribution is -2.55. The van der Waals surface area contributed by atoms with Gasteiger partial charge in [0.25, 0.3) is 11.8 Å². The molecule has 2 saturated carbocycles. The van der Waals surface area contributed by atoms with Crippen LogP contribution in [0.5, 0.6) is 11.5 Å². The lowest BCUT2D eigenvalue weighted by Gasteiger charge is -2.40. The first-order chi connectivity index (χ1) is 27.0. The number of amides is 8. The molecule has 2 saturated heterocycles. The van der Waals surface area contributed by atoms with Gasteiger partial charge in [-0.15, -0.1) is 0 Å². The molecule has 2 aromatic carbocycles. The molecule has 2 aliphatic carbocycles. The van der Waals surface area contributed by atoms with E-state index in [1.165, 1.54) is 5.56 Å². The van der Waals surface area contributed by atoms with Crippen molar-refractivity contribution < 1.29 is 47.7 Å². The quantitative estimate of drug-likeness (QED) is 0.269. The van der Waals surface area contributed by atoms with Crippen LogP contribution >= 0.6 is 0 Å². The second-order valence-corrected chi connectivity index (χ2v) is 18.3. The number of carbonyl (C=O) groups is 6. The highest BCUT2D eigenvalue weighted by molar-refractivity contribution is 6.20. The van der Waals surface area contributed by atoms with Crippen LogP contribution in [0.25, 0.3) is 0 Å². The number of ether oxygens (including phenoxy) is 4. The Hall–Kier alpha value is -5.14. The maximum absolute atomic E-state index is 13.6. The number of hydrogen-bond acceptors (Lipinski definition) is 10. The lowest BCUT2D eigenvalue weighted by atomic mass is 9.73. The molecule has 0 unspecified atom stereocenters. The average molecular weight is 805 g/mol. The van der Waals surface area contributed by atoms with Gasteiger partial charge in [-0.05, 0) is 168 Å². The molecule has 14 nitrogen and oxygen atoms in total. The van der Waals surface area contributed by atoms with Gasteiger partial charge in [-0.1, -0.05) is 24.3 Å². The Bertz CT molecular complexity index is 1840. The van der Waals surface area contributed by atoms with E-state index in [-0.39, 0.29) is 42.9 Å². The van der Waals surface area contributed by atoms with Crippen LogP contribution in [0.2, 0.25) is 0 Å². The Balaban J connectivity index is 0.000000247. The van der Waals surface area contributed by atoms with Gasteiger partial charge < -0.3 is 24.3 Å². The smallest absolute Gasteiger partial charge is 0.425 e. The number of carbonyl (C=O) groups excluding carboxylic acids is 6. The fourth-order valence-corrected chi connectivity index (χ4v) is 8.07. The summed E-state index contributed by atoms with van der Waals surface area (Å²) in [6, 6.07) is 14.7. The third-order valence-corrected chi connectivity index (χ3v) is 10.7. The Morgan fingerprint density at radius 3 is 1.45 bits per heavy atom. The van der Waals surface area contributed by atoms with Gasteiger partial charge in [-0.25, -0.2) is 24.1 Å². The maximum atomic E-state index is 13.6. The molecule has 0 bridgehead atoms. The molecular weight excluding hydrogens is 745 g/mol. The minimum atomic E-state index is -1.49. The van der Waals surface area contributed by atoms with Crippen molar-refractivity contribution in [3.05, 3.63) is 59.7 Å². The van der Waals surface area contributed by atoms with Gasteiger partial charge in [0.05, 0.1) is 12.2 Å². The van der Waals surface area contributed by atoms with Crippen molar-refractivity contribution in [1.82, 2.24) is 20.4 Å². The number of hydrogen-bond donors (Lipinski definition) is 2. The van der Waals surface area contributed by atoms with Crippen LogP contribution < -0.4 is 20.1 Å². The lowest BCUT2D eigenvalue weighted by molar-refractivity contribution is -0.134. The van der Waals surface area contributed by atoms with Crippen LogP contribution in [0.15, 0.2) is 48.5 Å². The van der Waals surface area contributed by atoms with Crippen molar-refractivity contribution in [3.8, 4) is 11.5 Å². The van der Waals surface area contributed by atoms with E-state index in [0.29, 0.717) is 36.5 Å². The zero-order valence-electron chi connectivity index (χ0n) is 35.6. The molecule has 316 valence electrons. The molecule has 0 radical (unpaired) electrons. The van der Waals surface area contributed by atoms with Gasteiger partial charge in [-0.2, -0.15) is 4.90 Å². The molecule has 2 N–H and O–H groups in total. The first kappa shape index (κ1) is 44.0.